The fourth-order valence-electron chi connectivity index (χ4n) is 5.69. The number of aromatic amines is 1. The molecule has 4 nitrogen and oxygen atoms in total. The highest BCUT2D eigenvalue weighted by atomic mass is 15.1. The van der Waals surface area contributed by atoms with Crippen molar-refractivity contribution in [1.29, 1.82) is 0 Å². The summed E-state index contributed by atoms with van der Waals surface area (Å²) < 4.78 is 0. The average Bonchev–Trinajstić information content (AvgIpc) is 3.19. The molecule has 0 radical (unpaired) electrons. The predicted molar refractivity (Wildman–Crippen MR) is 87.8 cm³/mol. The van der Waals surface area contributed by atoms with Gasteiger partial charge >= 0.3 is 0 Å². The van der Waals surface area contributed by atoms with Gasteiger partial charge in [0.2, 0.25) is 0 Å². The first-order valence-electron chi connectivity index (χ1n) is 8.85. The fraction of sp³-hybridized carbons (Fsp3) is 0.667. The number of aromatic nitrogens is 3. The maximum Gasteiger partial charge on any atom is 0.143 e. The minimum atomic E-state index is 0.608. The molecule has 3 aliphatic carbocycles. The van der Waals surface area contributed by atoms with Gasteiger partial charge in [0.1, 0.15) is 17.8 Å². The lowest BCUT2D eigenvalue weighted by Crippen LogP contribution is -2.48. The van der Waals surface area contributed by atoms with Crippen LogP contribution in [0, 0.1) is 17.3 Å². The number of fused-ring (bicyclic) bond motifs is 4. The van der Waals surface area contributed by atoms with Crippen LogP contribution in [0.1, 0.15) is 51.0 Å². The van der Waals surface area contributed by atoms with E-state index in [-0.39, 0.29) is 0 Å². The van der Waals surface area contributed by atoms with Crippen LogP contribution in [0.3, 0.4) is 0 Å². The minimum Gasteiger partial charge on any atom is -0.367 e. The van der Waals surface area contributed by atoms with Crippen LogP contribution in [0.15, 0.2) is 12.5 Å². The van der Waals surface area contributed by atoms with Crippen LogP contribution in [-0.4, -0.2) is 21.0 Å². The van der Waals surface area contributed by atoms with E-state index in [1.54, 1.807) is 6.33 Å². The van der Waals surface area contributed by atoms with Gasteiger partial charge < -0.3 is 10.3 Å². The van der Waals surface area contributed by atoms with E-state index >= 15 is 0 Å². The van der Waals surface area contributed by atoms with Crippen molar-refractivity contribution in [3.63, 3.8) is 0 Å². The third-order valence-corrected chi connectivity index (χ3v) is 6.68. The second-order valence-electron chi connectivity index (χ2n) is 7.81. The van der Waals surface area contributed by atoms with Crippen LogP contribution in [0.25, 0.3) is 11.0 Å². The Balaban J connectivity index is 1.36. The Morgan fingerprint density at radius 2 is 2.18 bits per heavy atom. The van der Waals surface area contributed by atoms with Gasteiger partial charge in [-0.15, -0.1) is 0 Å². The summed E-state index contributed by atoms with van der Waals surface area (Å²) in [6.07, 6.45) is 13.5. The van der Waals surface area contributed by atoms with Gasteiger partial charge in [-0.25, -0.2) is 9.97 Å². The van der Waals surface area contributed by atoms with Crippen molar-refractivity contribution in [2.24, 2.45) is 17.3 Å². The third kappa shape index (κ3) is 1.70. The standard InChI is InChI=1S/C18H24N4/c1-2-12-9-19-16-15(12)17(21-10-20-16)22-14-7-18(8-14)6-11-3-4-13(18)5-11/h9-11,13-14H,2-8H2,1H3,(H2,19,20,21,22). The molecule has 2 N–H and O–H groups in total. The lowest BCUT2D eigenvalue weighted by atomic mass is 9.57. The first-order valence-corrected chi connectivity index (χ1v) is 8.85. The molecule has 3 aliphatic rings. The molecule has 0 saturated heterocycles. The zero-order valence-electron chi connectivity index (χ0n) is 13.2. The molecule has 22 heavy (non-hydrogen) atoms. The molecule has 2 aromatic heterocycles. The highest BCUT2D eigenvalue weighted by molar-refractivity contribution is 5.90. The molecule has 2 heterocycles. The predicted octanol–water partition coefficient (Wildman–Crippen LogP) is 3.90. The van der Waals surface area contributed by atoms with Crippen molar-refractivity contribution in [3.05, 3.63) is 18.1 Å². The number of nitrogens with zero attached hydrogens (tertiary/aromatic N) is 2. The third-order valence-electron chi connectivity index (χ3n) is 6.68. The summed E-state index contributed by atoms with van der Waals surface area (Å²) >= 11 is 0. The van der Waals surface area contributed by atoms with Crippen molar-refractivity contribution in [1.82, 2.24) is 15.0 Å². The van der Waals surface area contributed by atoms with Crippen molar-refractivity contribution in [3.8, 4) is 0 Å². The molecular formula is C18H24N4. The summed E-state index contributed by atoms with van der Waals surface area (Å²) in [7, 11) is 0. The van der Waals surface area contributed by atoms with Gasteiger partial charge in [0.05, 0.1) is 5.39 Å². The summed E-state index contributed by atoms with van der Waals surface area (Å²) in [5, 5.41) is 4.92. The second-order valence-corrected chi connectivity index (χ2v) is 7.81. The van der Waals surface area contributed by atoms with Gasteiger partial charge in [-0.1, -0.05) is 13.3 Å². The van der Waals surface area contributed by atoms with E-state index in [9.17, 15) is 0 Å². The maximum atomic E-state index is 4.53. The summed E-state index contributed by atoms with van der Waals surface area (Å²) in [6, 6.07) is 0.608. The summed E-state index contributed by atoms with van der Waals surface area (Å²) in [5.41, 5.74) is 2.97. The van der Waals surface area contributed by atoms with Gasteiger partial charge in [0, 0.05) is 12.2 Å². The van der Waals surface area contributed by atoms with Crippen LogP contribution in [0.5, 0.6) is 0 Å². The summed E-state index contributed by atoms with van der Waals surface area (Å²) in [5.74, 6) is 3.11. The topological polar surface area (TPSA) is 53.6 Å². The van der Waals surface area contributed by atoms with E-state index in [1.165, 1.54) is 49.5 Å². The lowest BCUT2D eigenvalue weighted by molar-refractivity contribution is 0.0428. The molecule has 0 aliphatic heterocycles. The molecule has 116 valence electrons. The Bertz CT molecular complexity index is 713. The number of nitrogens with one attached hydrogen (secondary N) is 2. The number of hydrogen-bond acceptors (Lipinski definition) is 3. The Hall–Kier alpha value is -1.58. The van der Waals surface area contributed by atoms with Gasteiger partial charge in [0.25, 0.3) is 0 Å². The average molecular weight is 296 g/mol. The number of aryl methyl sites for hydroxylation is 1. The first-order chi connectivity index (χ1) is 10.8. The zero-order valence-corrected chi connectivity index (χ0v) is 13.2. The molecule has 3 saturated carbocycles. The van der Waals surface area contributed by atoms with Gasteiger partial charge in [-0.05, 0) is 61.3 Å². The number of H-pyrrole nitrogens is 1. The van der Waals surface area contributed by atoms with Crippen LogP contribution in [-0.2, 0) is 6.42 Å². The minimum absolute atomic E-state index is 0.608. The maximum absolute atomic E-state index is 4.53. The monoisotopic (exact) mass is 296 g/mol. The Kier molecular flexibility index (Phi) is 2.62. The number of hydrogen-bond donors (Lipinski definition) is 2. The molecule has 5 rings (SSSR count). The zero-order chi connectivity index (χ0) is 14.7. The highest BCUT2D eigenvalue weighted by Crippen LogP contribution is 2.64. The lowest BCUT2D eigenvalue weighted by Gasteiger charge is -2.51. The molecule has 0 aromatic carbocycles. The van der Waals surface area contributed by atoms with Crippen LogP contribution in [0.4, 0.5) is 5.82 Å². The van der Waals surface area contributed by atoms with Crippen molar-refractivity contribution in [2.75, 3.05) is 5.32 Å². The van der Waals surface area contributed by atoms with Crippen LogP contribution < -0.4 is 5.32 Å². The SMILES string of the molecule is CCc1c[nH]c2ncnc(NC3CC4(CC5CCC4C5)C3)c12. The van der Waals surface area contributed by atoms with E-state index < -0.39 is 0 Å². The Morgan fingerprint density at radius 3 is 2.91 bits per heavy atom. The molecule has 0 amide bonds. The van der Waals surface area contributed by atoms with Gasteiger partial charge in [0.15, 0.2) is 0 Å². The number of anilines is 1. The van der Waals surface area contributed by atoms with E-state index in [1.807, 2.05) is 0 Å². The second kappa shape index (κ2) is 4.46. The highest BCUT2D eigenvalue weighted by Gasteiger charge is 2.57. The van der Waals surface area contributed by atoms with Crippen molar-refractivity contribution in [2.45, 2.75) is 57.9 Å². The molecule has 1 spiro atoms. The van der Waals surface area contributed by atoms with E-state index in [0.717, 1.165) is 29.7 Å². The van der Waals surface area contributed by atoms with E-state index in [2.05, 4.69) is 33.4 Å². The molecule has 3 fully saturated rings. The van der Waals surface area contributed by atoms with Gasteiger partial charge in [-0.2, -0.15) is 0 Å². The molecular weight excluding hydrogens is 272 g/mol. The van der Waals surface area contributed by atoms with Crippen molar-refractivity contribution < 1.29 is 0 Å². The smallest absolute Gasteiger partial charge is 0.143 e. The van der Waals surface area contributed by atoms with Crippen molar-refractivity contribution >= 4 is 16.9 Å². The van der Waals surface area contributed by atoms with Crippen LogP contribution in [0.2, 0.25) is 0 Å². The van der Waals surface area contributed by atoms with E-state index in [4.69, 9.17) is 0 Å². The molecule has 2 unspecified atom stereocenters. The Morgan fingerprint density at radius 1 is 1.27 bits per heavy atom. The Labute approximate surface area is 131 Å². The largest absolute Gasteiger partial charge is 0.367 e. The fourth-order valence-corrected chi connectivity index (χ4v) is 5.69. The van der Waals surface area contributed by atoms with Crippen LogP contribution >= 0.6 is 0 Å². The quantitative estimate of drug-likeness (QED) is 0.903. The normalized spacial score (nSPS) is 36.1. The summed E-state index contributed by atoms with van der Waals surface area (Å²) in [4.78, 5) is 12.2. The summed E-state index contributed by atoms with van der Waals surface area (Å²) in [6.45, 7) is 2.19. The van der Waals surface area contributed by atoms with E-state index in [0.29, 0.717) is 11.5 Å². The number of rotatable bonds is 3. The van der Waals surface area contributed by atoms with Gasteiger partial charge in [-0.3, -0.25) is 0 Å². The molecule has 2 bridgehead atoms. The molecule has 2 atom stereocenters. The molecule has 2 aromatic rings. The molecule has 4 heteroatoms. The first kappa shape index (κ1) is 12.9.